The van der Waals surface area contributed by atoms with E-state index in [1.54, 1.807) is 13.2 Å². The Morgan fingerprint density at radius 1 is 0.967 bits per heavy atom. The Hall–Kier alpha value is -5.75. The number of benzene rings is 4. The van der Waals surface area contributed by atoms with Gasteiger partial charge in [-0.15, -0.1) is 0 Å². The van der Waals surface area contributed by atoms with Gasteiger partial charge < -0.3 is 65.1 Å². The number of hydrogen-bond acceptors (Lipinski definition) is 15. The van der Waals surface area contributed by atoms with Gasteiger partial charge in [0.1, 0.15) is 48.4 Å². The van der Waals surface area contributed by atoms with E-state index in [1.807, 2.05) is 36.4 Å². The van der Waals surface area contributed by atoms with Crippen molar-refractivity contribution in [2.24, 2.45) is 16.5 Å². The average molecular weight is 836 g/mol. The number of nitrogens with two attached hydrogens (primary N) is 2. The fourth-order valence-electron chi connectivity index (χ4n) is 9.85. The number of carbonyl (C=O) groups is 2. The highest BCUT2D eigenvalue weighted by atomic mass is 16.7. The summed E-state index contributed by atoms with van der Waals surface area (Å²) in [5.41, 5.74) is 15.9. The molecule has 0 saturated carbocycles. The van der Waals surface area contributed by atoms with Gasteiger partial charge in [0.2, 0.25) is 12.0 Å². The average Bonchev–Trinajstić information content (AvgIpc) is 3.81. The number of nitrogens with zero attached hydrogens (tertiary/aromatic N) is 1. The molecule has 13 rings (SSSR count). The number of rotatable bonds is 7. The van der Waals surface area contributed by atoms with Crippen LogP contribution in [0.25, 0.3) is 5.57 Å². The Morgan fingerprint density at radius 2 is 1.75 bits per heavy atom. The van der Waals surface area contributed by atoms with E-state index in [-0.39, 0.29) is 24.5 Å². The lowest BCUT2D eigenvalue weighted by Crippen LogP contribution is -2.71. The third-order valence-electron chi connectivity index (χ3n) is 12.8. The SMILES string of the molecule is COc1c2ccc3c1O[C@H]1c4c(cc5c(c4C4=c6ccccc6=NC4)CC[C@]4(O)[C@H](O5)O[C@H]([C@H](OC(=O)CC(=O)O)C(N)N)[C@@H](O)[C@@H]4O)O[C@@H](Cc4ccc(cc4)CCO2)[C@@H]31. The van der Waals surface area contributed by atoms with Crippen molar-refractivity contribution in [3.8, 4) is 28.7 Å². The third kappa shape index (κ3) is 6.47. The first kappa shape index (κ1) is 39.4. The molecule has 9 atom stereocenters. The van der Waals surface area contributed by atoms with Crippen molar-refractivity contribution in [1.29, 1.82) is 0 Å². The zero-order valence-electron chi connectivity index (χ0n) is 33.1. The second kappa shape index (κ2) is 15.0. The number of carbonyl (C=O) groups excluding carboxylic acids is 1. The first-order valence-corrected chi connectivity index (χ1v) is 20.3. The molecule has 9 heterocycles. The monoisotopic (exact) mass is 835 g/mol. The number of fused-ring (bicyclic) bond motifs is 5. The van der Waals surface area contributed by atoms with Crippen molar-refractivity contribution in [2.45, 2.75) is 92.7 Å². The van der Waals surface area contributed by atoms with Crippen LogP contribution in [0.3, 0.4) is 0 Å². The van der Waals surface area contributed by atoms with Gasteiger partial charge in [0.15, 0.2) is 23.2 Å². The van der Waals surface area contributed by atoms with Crippen molar-refractivity contribution in [3.63, 3.8) is 0 Å². The van der Waals surface area contributed by atoms with E-state index in [9.17, 15) is 24.9 Å². The van der Waals surface area contributed by atoms with E-state index in [0.29, 0.717) is 54.6 Å². The lowest BCUT2D eigenvalue weighted by atomic mass is 9.76. The molecule has 61 heavy (non-hydrogen) atoms. The Labute approximate surface area is 348 Å². The molecule has 0 radical (unpaired) electrons. The maximum atomic E-state index is 12.5. The normalized spacial score (nSPS) is 28.2. The number of esters is 1. The second-order valence-corrected chi connectivity index (χ2v) is 16.4. The molecular formula is C45H45N3O13. The summed E-state index contributed by atoms with van der Waals surface area (Å²) in [6, 6.07) is 21.9. The summed E-state index contributed by atoms with van der Waals surface area (Å²) in [4.78, 5) is 28.6. The van der Waals surface area contributed by atoms with Crippen LogP contribution in [0.1, 0.15) is 58.2 Å². The zero-order valence-corrected chi connectivity index (χ0v) is 33.1. The zero-order chi connectivity index (χ0) is 42.3. The molecule has 1 fully saturated rings. The highest BCUT2D eigenvalue weighted by Crippen LogP contribution is 2.61. The Bertz CT molecular complexity index is 2570. The van der Waals surface area contributed by atoms with Crippen LogP contribution in [-0.4, -0.2) is 101 Å². The number of carboxylic acid groups (broad SMARTS) is 1. The standard InChI is InChI=1S/C45H45N3O13/c1-55-38-27-11-10-24-34-29(16-21-8-6-20(7-9-21)13-15-56-27)57-30-17-28-23(33(35(30)39(34)60-37(24)38)25-19-48-26-5-3-2-4-22(25)26)12-14-45(54)42(53)36(52)40(61-44(45)58-28)41(43(46)47)59-32(51)18-31(49)50/h2-11,17,29,34,36,39-44,52-54H,12-16,18-19,46-47H2,1H3,(H,49,50)/t29-,34+,36+,39+,40-,41-,42-,44+,45+/m0/s1. The van der Waals surface area contributed by atoms with Gasteiger partial charge in [-0.3, -0.25) is 14.6 Å². The van der Waals surface area contributed by atoms with Crippen molar-refractivity contribution in [2.75, 3.05) is 20.3 Å². The number of hydrogen-bond donors (Lipinski definition) is 6. The van der Waals surface area contributed by atoms with E-state index in [1.165, 1.54) is 0 Å². The summed E-state index contributed by atoms with van der Waals surface area (Å²) in [7, 11) is 1.60. The molecule has 0 aliphatic carbocycles. The van der Waals surface area contributed by atoms with Crippen LogP contribution in [0.15, 0.2) is 71.7 Å². The molecule has 16 nitrogen and oxygen atoms in total. The Morgan fingerprint density at radius 3 is 2.52 bits per heavy atom. The highest BCUT2D eigenvalue weighted by Gasteiger charge is 2.60. The van der Waals surface area contributed by atoms with Gasteiger partial charge in [-0.2, -0.15) is 0 Å². The number of carboxylic acids is 1. The number of aliphatic hydroxyl groups is 3. The van der Waals surface area contributed by atoms with Crippen molar-refractivity contribution in [3.05, 3.63) is 111 Å². The molecule has 8 N–H and O–H groups in total. The van der Waals surface area contributed by atoms with Crippen LogP contribution in [0.2, 0.25) is 0 Å². The first-order chi connectivity index (χ1) is 29.4. The molecule has 0 amide bonds. The lowest BCUT2D eigenvalue weighted by Gasteiger charge is -2.48. The summed E-state index contributed by atoms with van der Waals surface area (Å²) in [6.45, 7) is 0.752. The summed E-state index contributed by atoms with van der Waals surface area (Å²) >= 11 is 0. The molecule has 0 aromatic heterocycles. The summed E-state index contributed by atoms with van der Waals surface area (Å²) in [5.74, 6) is -0.626. The summed E-state index contributed by atoms with van der Waals surface area (Å²) < 4.78 is 44.6. The largest absolute Gasteiger partial charge is 0.490 e. The van der Waals surface area contributed by atoms with Gasteiger partial charge in [-0.25, -0.2) is 0 Å². The lowest BCUT2D eigenvalue weighted by molar-refractivity contribution is -0.329. The summed E-state index contributed by atoms with van der Waals surface area (Å²) in [6.07, 6.45) is -11.1. The van der Waals surface area contributed by atoms with Crippen molar-refractivity contribution in [1.82, 2.24) is 0 Å². The minimum absolute atomic E-state index is 0.128. The van der Waals surface area contributed by atoms with E-state index in [0.717, 1.165) is 44.0 Å². The molecule has 4 aromatic carbocycles. The fourth-order valence-corrected chi connectivity index (χ4v) is 9.85. The van der Waals surface area contributed by atoms with Gasteiger partial charge in [-0.05, 0) is 47.2 Å². The van der Waals surface area contributed by atoms with Gasteiger partial charge in [0.25, 0.3) is 0 Å². The number of ether oxygens (including phenoxy) is 7. The maximum absolute atomic E-state index is 12.5. The van der Waals surface area contributed by atoms with Crippen LogP contribution in [-0.2, 0) is 38.3 Å². The molecule has 16 heteroatoms. The number of para-hydroxylation sites is 1. The topological polar surface area (TPSA) is 244 Å². The van der Waals surface area contributed by atoms with Crippen LogP contribution in [0.4, 0.5) is 0 Å². The van der Waals surface area contributed by atoms with Crippen molar-refractivity contribution < 1.29 is 63.2 Å². The van der Waals surface area contributed by atoms with Gasteiger partial charge >= 0.3 is 11.9 Å². The predicted octanol–water partition coefficient (Wildman–Crippen LogP) is 0.816. The number of methoxy groups -OCH3 is 1. The molecule has 318 valence electrons. The quantitative estimate of drug-likeness (QED) is 0.0858. The summed E-state index contributed by atoms with van der Waals surface area (Å²) in [5, 5.41) is 46.3. The number of aliphatic carboxylic acids is 1. The van der Waals surface area contributed by atoms with Gasteiger partial charge in [0, 0.05) is 40.8 Å². The van der Waals surface area contributed by atoms with Gasteiger partial charge in [0.05, 0.1) is 37.7 Å². The molecule has 4 aromatic rings. The molecule has 9 aliphatic rings. The minimum Gasteiger partial charge on any atom is -0.490 e. The molecule has 0 spiro atoms. The van der Waals surface area contributed by atoms with Crippen LogP contribution >= 0.6 is 0 Å². The van der Waals surface area contributed by atoms with E-state index in [4.69, 9.17) is 54.7 Å². The predicted molar refractivity (Wildman–Crippen MR) is 213 cm³/mol. The molecule has 9 aliphatic heterocycles. The third-order valence-corrected chi connectivity index (χ3v) is 12.8. The van der Waals surface area contributed by atoms with Crippen LogP contribution in [0.5, 0.6) is 28.7 Å². The molecule has 0 unspecified atom stereocenters. The van der Waals surface area contributed by atoms with E-state index < -0.39 is 73.0 Å². The van der Waals surface area contributed by atoms with E-state index >= 15 is 0 Å². The molecular weight excluding hydrogens is 791 g/mol. The smallest absolute Gasteiger partial charge is 0.317 e. The Kier molecular flexibility index (Phi) is 9.69. The number of aliphatic hydroxyl groups excluding tert-OH is 2. The van der Waals surface area contributed by atoms with Crippen molar-refractivity contribution >= 4 is 17.5 Å². The molecule has 6 bridgehead atoms. The maximum Gasteiger partial charge on any atom is 0.317 e. The Balaban J connectivity index is 1.14. The second-order valence-electron chi connectivity index (χ2n) is 16.4. The van der Waals surface area contributed by atoms with Crippen LogP contribution < -0.4 is 45.7 Å². The minimum atomic E-state index is -2.21. The molecule has 1 saturated heterocycles. The van der Waals surface area contributed by atoms with Gasteiger partial charge in [-0.1, -0.05) is 48.5 Å². The first-order valence-electron chi connectivity index (χ1n) is 20.3. The van der Waals surface area contributed by atoms with Crippen LogP contribution in [0, 0.1) is 0 Å². The highest BCUT2D eigenvalue weighted by molar-refractivity contribution is 5.90. The fraction of sp³-hybridized carbons (Fsp3) is 0.400. The van der Waals surface area contributed by atoms with E-state index in [2.05, 4.69) is 24.3 Å².